The summed E-state index contributed by atoms with van der Waals surface area (Å²) in [6.07, 6.45) is 2.46. The van der Waals surface area contributed by atoms with E-state index in [0.717, 1.165) is 28.5 Å². The van der Waals surface area contributed by atoms with Gasteiger partial charge in [0.1, 0.15) is 0 Å². The Kier molecular flexibility index (Phi) is 4.63. The minimum atomic E-state index is -0.198. The first kappa shape index (κ1) is 15.6. The Morgan fingerprint density at radius 2 is 1.70 bits per heavy atom. The molecule has 0 atom stereocenters. The number of imide groups is 1. The third-order valence-electron chi connectivity index (χ3n) is 3.72. The Morgan fingerprint density at radius 3 is 2.39 bits per heavy atom. The van der Waals surface area contributed by atoms with Crippen molar-refractivity contribution in [2.45, 2.75) is 13.3 Å². The van der Waals surface area contributed by atoms with Crippen molar-refractivity contribution in [3.63, 3.8) is 0 Å². The molecular formula is C19H17NO2S. The summed E-state index contributed by atoms with van der Waals surface area (Å²) in [6, 6.07) is 17.8. The number of thioether (sulfide) groups is 1. The second-order valence-corrected chi connectivity index (χ2v) is 6.47. The van der Waals surface area contributed by atoms with E-state index in [1.54, 1.807) is 6.08 Å². The monoisotopic (exact) mass is 323 g/mol. The van der Waals surface area contributed by atoms with Crippen LogP contribution < -0.4 is 0 Å². The molecular weight excluding hydrogens is 306 g/mol. The van der Waals surface area contributed by atoms with Crippen molar-refractivity contribution in [2.24, 2.45) is 0 Å². The van der Waals surface area contributed by atoms with Crippen LogP contribution in [0.15, 0.2) is 59.5 Å². The number of hydrogen-bond donors (Lipinski definition) is 0. The molecule has 3 nitrogen and oxygen atoms in total. The molecule has 116 valence electrons. The molecule has 23 heavy (non-hydrogen) atoms. The molecule has 0 aliphatic carbocycles. The Hall–Kier alpha value is -2.33. The van der Waals surface area contributed by atoms with Gasteiger partial charge in [0.25, 0.3) is 11.1 Å². The number of amides is 2. The van der Waals surface area contributed by atoms with E-state index in [1.165, 1.54) is 4.90 Å². The average molecular weight is 323 g/mol. The van der Waals surface area contributed by atoms with Crippen LogP contribution in [0.4, 0.5) is 4.79 Å². The van der Waals surface area contributed by atoms with E-state index >= 15 is 0 Å². The molecule has 3 rings (SSSR count). The molecule has 0 unspecified atom stereocenters. The fourth-order valence-electron chi connectivity index (χ4n) is 2.39. The van der Waals surface area contributed by atoms with Crippen molar-refractivity contribution in [3.05, 3.63) is 76.2 Å². The summed E-state index contributed by atoms with van der Waals surface area (Å²) in [6.45, 7) is 2.43. The number of carbonyl (C=O) groups excluding carboxylic acids is 2. The van der Waals surface area contributed by atoms with E-state index in [9.17, 15) is 9.59 Å². The molecule has 0 spiro atoms. The van der Waals surface area contributed by atoms with Crippen LogP contribution in [0.2, 0.25) is 0 Å². The molecule has 1 saturated heterocycles. The van der Waals surface area contributed by atoms with Crippen LogP contribution in [-0.4, -0.2) is 22.6 Å². The molecule has 4 heteroatoms. The van der Waals surface area contributed by atoms with Gasteiger partial charge in [-0.1, -0.05) is 60.2 Å². The summed E-state index contributed by atoms with van der Waals surface area (Å²) >= 11 is 1.01. The minimum absolute atomic E-state index is 0.190. The summed E-state index contributed by atoms with van der Waals surface area (Å²) < 4.78 is 0. The molecule has 1 aliphatic rings. The fourth-order valence-corrected chi connectivity index (χ4v) is 3.26. The molecule has 2 aromatic rings. The van der Waals surface area contributed by atoms with Crippen molar-refractivity contribution in [2.75, 3.05) is 6.54 Å². The molecule has 0 radical (unpaired) electrons. The molecule has 0 bridgehead atoms. The van der Waals surface area contributed by atoms with Crippen LogP contribution in [0.1, 0.15) is 16.7 Å². The van der Waals surface area contributed by atoms with Crippen LogP contribution in [0.3, 0.4) is 0 Å². The first-order chi connectivity index (χ1) is 11.1. The SMILES string of the molecule is Cc1ccc(C=C2SC(=O)N(CCc3ccccc3)C2=O)cc1. The second kappa shape index (κ2) is 6.84. The lowest BCUT2D eigenvalue weighted by molar-refractivity contribution is -0.122. The number of carbonyl (C=O) groups is 2. The van der Waals surface area contributed by atoms with Gasteiger partial charge in [0.2, 0.25) is 0 Å². The summed E-state index contributed by atoms with van der Waals surface area (Å²) in [5.74, 6) is -0.198. The summed E-state index contributed by atoms with van der Waals surface area (Å²) in [5.41, 5.74) is 3.22. The van der Waals surface area contributed by atoms with Gasteiger partial charge in [0.05, 0.1) is 4.91 Å². The molecule has 1 heterocycles. The van der Waals surface area contributed by atoms with Gasteiger partial charge in [0.15, 0.2) is 0 Å². The van der Waals surface area contributed by atoms with E-state index in [4.69, 9.17) is 0 Å². The third kappa shape index (κ3) is 3.71. The van der Waals surface area contributed by atoms with Crippen molar-refractivity contribution >= 4 is 29.0 Å². The van der Waals surface area contributed by atoms with Gasteiger partial charge < -0.3 is 0 Å². The van der Waals surface area contributed by atoms with Crippen LogP contribution >= 0.6 is 11.8 Å². The lowest BCUT2D eigenvalue weighted by Gasteiger charge is -2.12. The van der Waals surface area contributed by atoms with Gasteiger partial charge >= 0.3 is 0 Å². The molecule has 0 saturated carbocycles. The molecule has 2 amide bonds. The van der Waals surface area contributed by atoms with E-state index in [-0.39, 0.29) is 11.1 Å². The van der Waals surface area contributed by atoms with Crippen LogP contribution in [-0.2, 0) is 11.2 Å². The topological polar surface area (TPSA) is 37.4 Å². The molecule has 0 N–H and O–H groups in total. The maximum atomic E-state index is 12.4. The molecule has 0 aromatic heterocycles. The zero-order chi connectivity index (χ0) is 16.2. The van der Waals surface area contributed by atoms with E-state index in [0.29, 0.717) is 17.9 Å². The molecule has 1 aliphatic heterocycles. The average Bonchev–Trinajstić information content (AvgIpc) is 2.82. The van der Waals surface area contributed by atoms with Crippen molar-refractivity contribution in [1.82, 2.24) is 4.90 Å². The second-order valence-electron chi connectivity index (χ2n) is 5.48. The van der Waals surface area contributed by atoms with Crippen LogP contribution in [0.5, 0.6) is 0 Å². The normalized spacial score (nSPS) is 16.4. The minimum Gasteiger partial charge on any atom is -0.268 e. The lowest BCUT2D eigenvalue weighted by atomic mass is 10.1. The highest BCUT2D eigenvalue weighted by atomic mass is 32.2. The summed E-state index contributed by atoms with van der Waals surface area (Å²) in [7, 11) is 0. The van der Waals surface area contributed by atoms with Gasteiger partial charge in [0, 0.05) is 6.54 Å². The summed E-state index contributed by atoms with van der Waals surface area (Å²) in [5, 5.41) is -0.190. The lowest BCUT2D eigenvalue weighted by Crippen LogP contribution is -2.30. The standard InChI is InChI=1S/C19H17NO2S/c1-14-7-9-16(10-8-14)13-17-18(21)20(19(22)23-17)12-11-15-5-3-2-4-6-15/h2-10,13H,11-12H2,1H3. The van der Waals surface area contributed by atoms with Gasteiger partial charge in [-0.25, -0.2) is 0 Å². The quantitative estimate of drug-likeness (QED) is 0.788. The predicted octanol–water partition coefficient (Wildman–Crippen LogP) is 4.27. The first-order valence-electron chi connectivity index (χ1n) is 7.49. The Labute approximate surface area is 140 Å². The first-order valence-corrected chi connectivity index (χ1v) is 8.31. The Morgan fingerprint density at radius 1 is 1.00 bits per heavy atom. The fraction of sp³-hybridized carbons (Fsp3) is 0.158. The maximum absolute atomic E-state index is 12.4. The molecule has 2 aromatic carbocycles. The van der Waals surface area contributed by atoms with Gasteiger partial charge in [-0.15, -0.1) is 0 Å². The van der Waals surface area contributed by atoms with Gasteiger partial charge in [-0.05, 0) is 42.3 Å². The van der Waals surface area contributed by atoms with E-state index in [1.807, 2.05) is 61.5 Å². The van der Waals surface area contributed by atoms with E-state index in [2.05, 4.69) is 0 Å². The maximum Gasteiger partial charge on any atom is 0.293 e. The Balaban J connectivity index is 1.71. The number of hydrogen-bond acceptors (Lipinski definition) is 3. The Bertz CT molecular complexity index is 751. The highest BCUT2D eigenvalue weighted by molar-refractivity contribution is 8.18. The zero-order valence-corrected chi connectivity index (χ0v) is 13.7. The molecule has 1 fully saturated rings. The highest BCUT2D eigenvalue weighted by Crippen LogP contribution is 2.32. The van der Waals surface area contributed by atoms with Crippen LogP contribution in [0, 0.1) is 6.92 Å². The van der Waals surface area contributed by atoms with Crippen LogP contribution in [0.25, 0.3) is 6.08 Å². The van der Waals surface area contributed by atoms with E-state index < -0.39 is 0 Å². The largest absolute Gasteiger partial charge is 0.293 e. The zero-order valence-electron chi connectivity index (χ0n) is 12.9. The number of nitrogens with zero attached hydrogens (tertiary/aromatic N) is 1. The van der Waals surface area contributed by atoms with Gasteiger partial charge in [-0.3, -0.25) is 14.5 Å². The number of rotatable bonds is 4. The highest BCUT2D eigenvalue weighted by Gasteiger charge is 2.34. The number of benzene rings is 2. The van der Waals surface area contributed by atoms with Gasteiger partial charge in [-0.2, -0.15) is 0 Å². The third-order valence-corrected chi connectivity index (χ3v) is 4.62. The number of aryl methyl sites for hydroxylation is 1. The van der Waals surface area contributed by atoms with Crippen molar-refractivity contribution in [1.29, 1.82) is 0 Å². The predicted molar refractivity (Wildman–Crippen MR) is 94.0 cm³/mol. The van der Waals surface area contributed by atoms with Crippen molar-refractivity contribution < 1.29 is 9.59 Å². The smallest absolute Gasteiger partial charge is 0.268 e. The summed E-state index contributed by atoms with van der Waals surface area (Å²) in [4.78, 5) is 26.3. The van der Waals surface area contributed by atoms with Crippen molar-refractivity contribution in [3.8, 4) is 0 Å².